The van der Waals surface area contributed by atoms with Crippen molar-refractivity contribution in [2.24, 2.45) is 11.8 Å². The molecule has 12 nitrogen and oxygen atoms in total. The van der Waals surface area contributed by atoms with Crippen molar-refractivity contribution in [1.82, 2.24) is 50.0 Å². The molecule has 4 aromatic heterocycles. The van der Waals surface area contributed by atoms with Gasteiger partial charge in [-0.1, -0.05) is 11.6 Å². The van der Waals surface area contributed by atoms with Crippen molar-refractivity contribution in [3.63, 3.8) is 0 Å². The van der Waals surface area contributed by atoms with Gasteiger partial charge in [0.2, 0.25) is 5.95 Å². The van der Waals surface area contributed by atoms with Crippen LogP contribution in [-0.2, 0) is 13.1 Å². The van der Waals surface area contributed by atoms with Crippen molar-refractivity contribution in [2.75, 3.05) is 18.0 Å². The standard InChI is InChI=1S/C26H21ClF3N11O/c1-13-14(4-33-25(36-13)40-9-18-19(10-40)26(18,29)30)7-39-8-17(15-5-31-11-34-23(15)39)24(42)32-6-16-21(41-12-35-37-38-41)3-2-20(27)22(16)28/h2-5,8,11-12,18-19H,6-7,9-10H2,1H3,(H,32,42). The van der Waals surface area contributed by atoms with Gasteiger partial charge in [0, 0.05) is 55.0 Å². The number of alkyl halides is 2. The van der Waals surface area contributed by atoms with E-state index in [0.717, 1.165) is 5.56 Å². The number of halogens is 4. The molecule has 2 unspecified atom stereocenters. The van der Waals surface area contributed by atoms with Crippen LogP contribution in [0.3, 0.4) is 0 Å². The van der Waals surface area contributed by atoms with E-state index in [1.54, 1.807) is 27.9 Å². The van der Waals surface area contributed by atoms with Gasteiger partial charge in [-0.15, -0.1) is 5.10 Å². The average molecular weight is 596 g/mol. The molecule has 2 atom stereocenters. The zero-order valence-corrected chi connectivity index (χ0v) is 22.7. The lowest BCUT2D eigenvalue weighted by atomic mass is 10.1. The van der Waals surface area contributed by atoms with Gasteiger partial charge in [0.15, 0.2) is 0 Å². The van der Waals surface area contributed by atoms with Crippen LogP contribution >= 0.6 is 11.6 Å². The maximum absolute atomic E-state index is 15.0. The highest BCUT2D eigenvalue weighted by Gasteiger charge is 2.72. The molecule has 1 aliphatic carbocycles. The Morgan fingerprint density at radius 1 is 1.19 bits per heavy atom. The molecule has 5 aromatic rings. The van der Waals surface area contributed by atoms with Crippen LogP contribution in [0.1, 0.15) is 27.2 Å². The summed E-state index contributed by atoms with van der Waals surface area (Å²) in [4.78, 5) is 32.6. The number of carbonyl (C=O) groups is 1. The van der Waals surface area contributed by atoms with Crippen LogP contribution in [0.4, 0.5) is 19.1 Å². The molecule has 0 spiro atoms. The van der Waals surface area contributed by atoms with Crippen LogP contribution in [0, 0.1) is 24.6 Å². The molecule has 1 aromatic carbocycles. The number of tetrazole rings is 1. The number of anilines is 1. The number of aromatic nitrogens is 9. The molecular formula is C26H21ClF3N11O. The molecule has 1 amide bonds. The highest BCUT2D eigenvalue weighted by atomic mass is 35.5. The molecule has 1 aliphatic heterocycles. The lowest BCUT2D eigenvalue weighted by molar-refractivity contribution is 0.0796. The maximum Gasteiger partial charge on any atom is 0.258 e. The molecule has 0 bridgehead atoms. The summed E-state index contributed by atoms with van der Waals surface area (Å²) in [5.74, 6) is -4.59. The van der Waals surface area contributed by atoms with Gasteiger partial charge in [-0.3, -0.25) is 4.79 Å². The van der Waals surface area contributed by atoms with E-state index in [9.17, 15) is 18.0 Å². The highest BCUT2D eigenvalue weighted by Crippen LogP contribution is 2.59. The number of piperidine rings is 1. The van der Waals surface area contributed by atoms with Gasteiger partial charge in [-0.25, -0.2) is 37.8 Å². The fraction of sp³-hybridized carbons (Fsp3) is 0.308. The van der Waals surface area contributed by atoms with Crippen molar-refractivity contribution >= 4 is 34.5 Å². The minimum Gasteiger partial charge on any atom is -0.348 e. The van der Waals surface area contributed by atoms with Crippen molar-refractivity contribution in [3.05, 3.63) is 76.6 Å². The van der Waals surface area contributed by atoms with Crippen LogP contribution in [-0.4, -0.2) is 69.6 Å². The average Bonchev–Trinajstić information content (AvgIpc) is 3.57. The number of hydrogen-bond donors (Lipinski definition) is 1. The van der Waals surface area contributed by atoms with Crippen molar-refractivity contribution < 1.29 is 18.0 Å². The molecule has 42 heavy (non-hydrogen) atoms. The van der Waals surface area contributed by atoms with Gasteiger partial charge >= 0.3 is 0 Å². The Hall–Kier alpha value is -4.66. The third-order valence-electron chi connectivity index (χ3n) is 7.87. The summed E-state index contributed by atoms with van der Waals surface area (Å²) in [5, 5.41) is 14.1. The number of fused-ring (bicyclic) bond motifs is 2. The first-order valence-electron chi connectivity index (χ1n) is 12.9. The Kier molecular flexibility index (Phi) is 6.07. The van der Waals surface area contributed by atoms with Crippen molar-refractivity contribution in [2.45, 2.75) is 25.9 Å². The van der Waals surface area contributed by atoms with Gasteiger partial charge in [0.1, 0.15) is 24.1 Å². The topological polar surface area (TPSA) is 132 Å². The summed E-state index contributed by atoms with van der Waals surface area (Å²) in [5.41, 5.74) is 2.67. The first kappa shape index (κ1) is 26.3. The number of nitrogens with zero attached hydrogens (tertiary/aromatic N) is 10. The van der Waals surface area contributed by atoms with E-state index < -0.39 is 29.5 Å². The zero-order chi connectivity index (χ0) is 29.2. The summed E-state index contributed by atoms with van der Waals surface area (Å²) in [6.45, 7) is 2.40. The molecule has 0 radical (unpaired) electrons. The quantitative estimate of drug-likeness (QED) is 0.301. The molecule has 2 fully saturated rings. The maximum atomic E-state index is 15.0. The van der Waals surface area contributed by atoms with Gasteiger partial charge in [-0.2, -0.15) is 0 Å². The fourth-order valence-corrected chi connectivity index (χ4v) is 5.65. The monoisotopic (exact) mass is 595 g/mol. The number of hydrogen-bond acceptors (Lipinski definition) is 9. The lowest BCUT2D eigenvalue weighted by Gasteiger charge is -2.20. The number of amides is 1. The molecule has 2 aliphatic rings. The number of rotatable bonds is 7. The third-order valence-corrected chi connectivity index (χ3v) is 8.16. The van der Waals surface area contributed by atoms with E-state index in [2.05, 4.69) is 40.8 Å². The Morgan fingerprint density at radius 3 is 2.74 bits per heavy atom. The largest absolute Gasteiger partial charge is 0.348 e. The second kappa shape index (κ2) is 9.72. The molecule has 1 saturated heterocycles. The van der Waals surface area contributed by atoms with Gasteiger partial charge in [0.25, 0.3) is 11.8 Å². The van der Waals surface area contributed by atoms with Crippen LogP contribution < -0.4 is 10.2 Å². The fourth-order valence-electron chi connectivity index (χ4n) is 5.47. The SMILES string of the molecule is Cc1nc(N2CC3C(C2)C3(F)F)ncc1Cn1cc(C(=O)NCc2c(-n3cnnn3)ccc(Cl)c2F)c2cncnc21. The lowest BCUT2D eigenvalue weighted by Crippen LogP contribution is -2.29. The number of aryl methyl sites for hydroxylation is 1. The summed E-state index contributed by atoms with van der Waals surface area (Å²) < 4.78 is 45.3. The first-order chi connectivity index (χ1) is 20.2. The van der Waals surface area contributed by atoms with E-state index in [-0.39, 0.29) is 35.8 Å². The second-order valence-corrected chi connectivity index (χ2v) is 10.7. The van der Waals surface area contributed by atoms with Crippen LogP contribution in [0.25, 0.3) is 16.7 Å². The minimum atomic E-state index is -2.58. The minimum absolute atomic E-state index is 0.107. The number of carbonyl (C=O) groups excluding carboxylic acids is 1. The Labute approximate surface area is 240 Å². The summed E-state index contributed by atoms with van der Waals surface area (Å²) in [6.07, 6.45) is 7.51. The summed E-state index contributed by atoms with van der Waals surface area (Å²) in [7, 11) is 0. The Bertz CT molecular complexity index is 1830. The van der Waals surface area contributed by atoms with E-state index in [0.29, 0.717) is 34.9 Å². The molecule has 1 saturated carbocycles. The molecule has 1 N–H and O–H groups in total. The van der Waals surface area contributed by atoms with Gasteiger partial charge < -0.3 is 14.8 Å². The molecule has 7 rings (SSSR count). The predicted octanol–water partition coefficient (Wildman–Crippen LogP) is 2.98. The Balaban J connectivity index is 1.12. The molecule has 5 heterocycles. The van der Waals surface area contributed by atoms with Crippen LogP contribution in [0.5, 0.6) is 0 Å². The third kappa shape index (κ3) is 4.31. The summed E-state index contributed by atoms with van der Waals surface area (Å²) in [6, 6.07) is 2.94. The zero-order valence-electron chi connectivity index (χ0n) is 21.9. The van der Waals surface area contributed by atoms with Crippen molar-refractivity contribution in [3.8, 4) is 5.69 Å². The molecular weight excluding hydrogens is 575 g/mol. The highest BCUT2D eigenvalue weighted by molar-refractivity contribution is 6.30. The van der Waals surface area contributed by atoms with Crippen LogP contribution in [0.15, 0.2) is 43.4 Å². The first-order valence-corrected chi connectivity index (χ1v) is 13.3. The number of nitrogens with one attached hydrogen (secondary N) is 1. The van der Waals surface area contributed by atoms with Gasteiger partial charge in [0.05, 0.1) is 40.0 Å². The van der Waals surface area contributed by atoms with E-state index in [4.69, 9.17) is 11.6 Å². The van der Waals surface area contributed by atoms with Crippen molar-refractivity contribution in [1.29, 1.82) is 0 Å². The van der Waals surface area contributed by atoms with Gasteiger partial charge in [-0.05, 0) is 29.5 Å². The predicted molar refractivity (Wildman–Crippen MR) is 143 cm³/mol. The second-order valence-electron chi connectivity index (χ2n) is 10.3. The Morgan fingerprint density at radius 2 is 2.00 bits per heavy atom. The molecule has 16 heteroatoms. The normalized spacial score (nSPS) is 18.8. The smallest absolute Gasteiger partial charge is 0.258 e. The van der Waals surface area contributed by atoms with Crippen LogP contribution in [0.2, 0.25) is 5.02 Å². The number of benzene rings is 1. The molecule has 214 valence electrons. The summed E-state index contributed by atoms with van der Waals surface area (Å²) >= 11 is 6.01. The van der Waals surface area contributed by atoms with E-state index >= 15 is 0 Å². The van der Waals surface area contributed by atoms with E-state index in [1.807, 2.05) is 6.92 Å². The van der Waals surface area contributed by atoms with E-state index in [1.165, 1.54) is 29.6 Å².